The Morgan fingerprint density at radius 3 is 2.81 bits per heavy atom. The van der Waals surface area contributed by atoms with Crippen LogP contribution >= 0.6 is 0 Å². The summed E-state index contributed by atoms with van der Waals surface area (Å²) in [5.41, 5.74) is 1.16. The van der Waals surface area contributed by atoms with Crippen LogP contribution in [0.5, 0.6) is 0 Å². The zero-order valence-electron chi connectivity index (χ0n) is 9.35. The second-order valence-corrected chi connectivity index (χ2v) is 5.24. The second-order valence-electron chi connectivity index (χ2n) is 4.06. The van der Waals surface area contributed by atoms with Crippen LogP contribution in [0.15, 0.2) is 29.2 Å². The molecule has 1 heterocycles. The zero-order chi connectivity index (χ0) is 11.4. The molecular formula is C12H16O3S. The lowest BCUT2D eigenvalue weighted by Crippen LogP contribution is -2.10. The van der Waals surface area contributed by atoms with Crippen LogP contribution in [0, 0.1) is 12.8 Å². The van der Waals surface area contributed by atoms with Crippen molar-refractivity contribution in [3.63, 3.8) is 0 Å². The molecule has 4 heteroatoms. The molecule has 16 heavy (non-hydrogen) atoms. The Hall–Kier alpha value is -0.710. The molecule has 0 radical (unpaired) electrons. The molecule has 0 amide bonds. The van der Waals surface area contributed by atoms with Crippen molar-refractivity contribution in [2.45, 2.75) is 18.2 Å². The van der Waals surface area contributed by atoms with Crippen LogP contribution in [0.25, 0.3) is 0 Å². The fraction of sp³-hybridized carbons (Fsp3) is 0.500. The van der Waals surface area contributed by atoms with Gasteiger partial charge in [0.25, 0.3) is 0 Å². The summed E-state index contributed by atoms with van der Waals surface area (Å²) in [4.78, 5) is 0.726. The molecule has 1 unspecified atom stereocenters. The van der Waals surface area contributed by atoms with Gasteiger partial charge in [-0.1, -0.05) is 17.7 Å². The maximum atomic E-state index is 11.8. The zero-order valence-corrected chi connectivity index (χ0v) is 10.2. The molecule has 0 aliphatic carbocycles. The van der Waals surface area contributed by atoms with Crippen LogP contribution in [0.4, 0.5) is 0 Å². The van der Waals surface area contributed by atoms with Crippen molar-refractivity contribution in [3.05, 3.63) is 29.8 Å². The lowest BCUT2D eigenvalue weighted by Gasteiger charge is -2.07. The molecule has 1 saturated heterocycles. The predicted molar refractivity (Wildman–Crippen MR) is 62.5 cm³/mol. The van der Waals surface area contributed by atoms with Crippen molar-refractivity contribution in [3.8, 4) is 0 Å². The molecule has 0 N–H and O–H groups in total. The highest BCUT2D eigenvalue weighted by atomic mass is 32.2. The summed E-state index contributed by atoms with van der Waals surface area (Å²) < 4.78 is 22.3. The standard InChI is InChI=1S/C12H16O3S/c1-10-2-4-12(5-3-10)16(13)15-9-11-6-7-14-8-11/h2-5,11H,6-9H2,1H3/t11-,16?/m0/s1. The summed E-state index contributed by atoms with van der Waals surface area (Å²) in [6.45, 7) is 4.04. The minimum atomic E-state index is -1.34. The monoisotopic (exact) mass is 240 g/mol. The maximum Gasteiger partial charge on any atom is 0.189 e. The molecule has 0 saturated carbocycles. The third-order valence-corrected chi connectivity index (χ3v) is 3.66. The molecule has 1 aliphatic rings. The number of hydrogen-bond acceptors (Lipinski definition) is 3. The molecular weight excluding hydrogens is 224 g/mol. The largest absolute Gasteiger partial charge is 0.381 e. The number of benzene rings is 1. The third-order valence-electron chi connectivity index (χ3n) is 2.65. The minimum absolute atomic E-state index is 0.398. The number of aryl methyl sites for hydroxylation is 1. The highest BCUT2D eigenvalue weighted by Gasteiger charge is 2.17. The molecule has 0 spiro atoms. The molecule has 0 bridgehead atoms. The molecule has 1 aromatic carbocycles. The van der Waals surface area contributed by atoms with Crippen molar-refractivity contribution < 1.29 is 13.1 Å². The Morgan fingerprint density at radius 1 is 1.44 bits per heavy atom. The Morgan fingerprint density at radius 2 is 2.19 bits per heavy atom. The van der Waals surface area contributed by atoms with Crippen molar-refractivity contribution in [1.29, 1.82) is 0 Å². The van der Waals surface area contributed by atoms with Crippen molar-refractivity contribution in [2.24, 2.45) is 5.92 Å². The summed E-state index contributed by atoms with van der Waals surface area (Å²) in [7, 11) is 0. The predicted octanol–water partition coefficient (Wildman–Crippen LogP) is 2.07. The Labute approximate surface area is 98.4 Å². The SMILES string of the molecule is Cc1ccc(S(=O)OC[C@H]2CCOC2)cc1. The van der Waals surface area contributed by atoms with Gasteiger partial charge in [0.05, 0.1) is 18.1 Å². The van der Waals surface area contributed by atoms with E-state index in [2.05, 4.69) is 0 Å². The fourth-order valence-electron chi connectivity index (χ4n) is 1.59. The Bertz CT molecular complexity index is 355. The van der Waals surface area contributed by atoms with Gasteiger partial charge in [-0.2, -0.15) is 0 Å². The lowest BCUT2D eigenvalue weighted by molar-refractivity contribution is 0.171. The first-order valence-electron chi connectivity index (χ1n) is 5.45. The molecule has 2 atom stereocenters. The van der Waals surface area contributed by atoms with Crippen LogP contribution in [0.1, 0.15) is 12.0 Å². The van der Waals surface area contributed by atoms with Crippen LogP contribution in [-0.4, -0.2) is 24.0 Å². The minimum Gasteiger partial charge on any atom is -0.381 e. The van der Waals surface area contributed by atoms with Gasteiger partial charge < -0.3 is 4.74 Å². The third kappa shape index (κ3) is 3.14. The summed E-state index contributed by atoms with van der Waals surface area (Å²) in [5.74, 6) is 0.398. The van der Waals surface area contributed by atoms with Crippen LogP contribution in [-0.2, 0) is 20.0 Å². The first-order chi connectivity index (χ1) is 7.75. The fourth-order valence-corrected chi connectivity index (χ4v) is 2.40. The summed E-state index contributed by atoms with van der Waals surface area (Å²) in [6, 6.07) is 7.57. The smallest absolute Gasteiger partial charge is 0.189 e. The normalized spacial score (nSPS) is 22.2. The van der Waals surface area contributed by atoms with Gasteiger partial charge in [0, 0.05) is 12.5 Å². The average molecular weight is 240 g/mol. The van der Waals surface area contributed by atoms with Gasteiger partial charge in [-0.15, -0.1) is 0 Å². The molecule has 88 valence electrons. The van der Waals surface area contributed by atoms with Gasteiger partial charge in [-0.05, 0) is 25.5 Å². The van der Waals surface area contributed by atoms with Gasteiger partial charge in [0.2, 0.25) is 0 Å². The van der Waals surface area contributed by atoms with Gasteiger partial charge >= 0.3 is 0 Å². The van der Waals surface area contributed by atoms with E-state index in [9.17, 15) is 4.21 Å². The van der Waals surface area contributed by atoms with Crippen LogP contribution < -0.4 is 0 Å². The van der Waals surface area contributed by atoms with E-state index in [4.69, 9.17) is 8.92 Å². The number of ether oxygens (including phenoxy) is 1. The van der Waals surface area contributed by atoms with E-state index >= 15 is 0 Å². The van der Waals surface area contributed by atoms with Crippen molar-refractivity contribution in [2.75, 3.05) is 19.8 Å². The van der Waals surface area contributed by atoms with Gasteiger partial charge in [0.15, 0.2) is 11.1 Å². The average Bonchev–Trinajstić information content (AvgIpc) is 2.80. The van der Waals surface area contributed by atoms with E-state index in [-0.39, 0.29) is 0 Å². The van der Waals surface area contributed by atoms with Crippen molar-refractivity contribution in [1.82, 2.24) is 0 Å². The van der Waals surface area contributed by atoms with Crippen molar-refractivity contribution >= 4 is 11.1 Å². The first-order valence-corrected chi connectivity index (χ1v) is 6.52. The van der Waals surface area contributed by atoms with Gasteiger partial charge in [0.1, 0.15) is 0 Å². The Kier molecular flexibility index (Phi) is 4.09. The Balaban J connectivity index is 1.85. The molecule has 1 aliphatic heterocycles. The van der Waals surface area contributed by atoms with E-state index in [1.54, 1.807) is 0 Å². The van der Waals surface area contributed by atoms with E-state index in [1.807, 2.05) is 31.2 Å². The van der Waals surface area contributed by atoms with Gasteiger partial charge in [-0.25, -0.2) is 4.21 Å². The van der Waals surface area contributed by atoms with E-state index in [0.717, 1.165) is 30.1 Å². The first kappa shape index (κ1) is 11.8. The number of rotatable bonds is 4. The maximum absolute atomic E-state index is 11.8. The van der Waals surface area contributed by atoms with Gasteiger partial charge in [-0.3, -0.25) is 4.18 Å². The van der Waals surface area contributed by atoms with E-state index < -0.39 is 11.1 Å². The number of hydrogen-bond donors (Lipinski definition) is 0. The highest BCUT2D eigenvalue weighted by Crippen LogP contribution is 2.15. The van der Waals surface area contributed by atoms with E-state index in [0.29, 0.717) is 12.5 Å². The summed E-state index contributed by atoms with van der Waals surface area (Å²) >= 11 is -1.34. The summed E-state index contributed by atoms with van der Waals surface area (Å²) in [5, 5.41) is 0. The van der Waals surface area contributed by atoms with E-state index in [1.165, 1.54) is 0 Å². The molecule has 0 aromatic heterocycles. The quantitative estimate of drug-likeness (QED) is 0.808. The van der Waals surface area contributed by atoms with Crippen LogP contribution in [0.2, 0.25) is 0 Å². The molecule has 1 aromatic rings. The molecule has 2 rings (SSSR count). The second kappa shape index (κ2) is 5.57. The van der Waals surface area contributed by atoms with Crippen LogP contribution in [0.3, 0.4) is 0 Å². The molecule has 3 nitrogen and oxygen atoms in total. The highest BCUT2D eigenvalue weighted by molar-refractivity contribution is 7.80. The lowest BCUT2D eigenvalue weighted by atomic mass is 10.1. The molecule has 1 fully saturated rings. The topological polar surface area (TPSA) is 35.5 Å². The summed E-state index contributed by atoms with van der Waals surface area (Å²) in [6.07, 6.45) is 1.01.